The zero-order chi connectivity index (χ0) is 24.4. The Morgan fingerprint density at radius 1 is 1.00 bits per heavy atom. The van der Waals surface area contributed by atoms with Crippen molar-refractivity contribution in [2.45, 2.75) is 38.5 Å². The van der Waals surface area contributed by atoms with E-state index < -0.39 is 0 Å². The predicted molar refractivity (Wildman–Crippen MR) is 135 cm³/mol. The van der Waals surface area contributed by atoms with Gasteiger partial charge in [0, 0.05) is 37.4 Å². The molecule has 184 valence electrons. The fraction of sp³-hybridized carbons (Fsp3) is 0.444. The maximum absolute atomic E-state index is 13.2. The second-order valence-electron chi connectivity index (χ2n) is 9.72. The molecule has 2 aliphatic rings. The van der Waals surface area contributed by atoms with E-state index in [-0.39, 0.29) is 18.4 Å². The maximum Gasteiger partial charge on any atom is 0.260 e. The molecule has 0 spiro atoms. The lowest BCUT2D eigenvalue weighted by Gasteiger charge is -2.32. The molecule has 2 aromatic heterocycles. The molecular formula is C27H31ClN4O3. The number of piperidine rings is 2. The molecule has 0 unspecified atom stereocenters. The molecule has 5 rings (SSSR count). The number of fused-ring (bicyclic) bond motifs is 1. The number of halogens is 1. The summed E-state index contributed by atoms with van der Waals surface area (Å²) in [6.45, 7) is 5.27. The Labute approximate surface area is 210 Å². The first-order valence-electron chi connectivity index (χ1n) is 12.4. The van der Waals surface area contributed by atoms with Crippen LogP contribution in [0, 0.1) is 5.92 Å². The molecule has 3 aromatic rings. The summed E-state index contributed by atoms with van der Waals surface area (Å²) in [5.74, 6) is 1.72. The molecule has 0 atom stereocenters. The molecule has 7 nitrogen and oxygen atoms in total. The summed E-state index contributed by atoms with van der Waals surface area (Å²) in [7, 11) is 0. The summed E-state index contributed by atoms with van der Waals surface area (Å²) < 4.78 is 7.41. The first kappa shape index (κ1) is 23.7. The van der Waals surface area contributed by atoms with Crippen LogP contribution in [0.3, 0.4) is 0 Å². The van der Waals surface area contributed by atoms with Gasteiger partial charge in [0.05, 0.1) is 17.3 Å². The Bertz CT molecular complexity index is 1190. The van der Waals surface area contributed by atoms with Crippen molar-refractivity contribution in [3.63, 3.8) is 0 Å². The summed E-state index contributed by atoms with van der Waals surface area (Å²) in [6, 6.07) is 11.2. The number of carbonyl (C=O) groups is 2. The van der Waals surface area contributed by atoms with Crippen LogP contribution in [0.25, 0.3) is 5.52 Å². The molecular weight excluding hydrogens is 464 g/mol. The van der Waals surface area contributed by atoms with E-state index in [1.54, 1.807) is 35.0 Å². The molecule has 2 aliphatic heterocycles. The number of nitrogens with zero attached hydrogens (tertiary/aromatic N) is 4. The molecule has 2 amide bonds. The zero-order valence-corrected chi connectivity index (χ0v) is 20.8. The zero-order valence-electron chi connectivity index (χ0n) is 20.0. The van der Waals surface area contributed by atoms with Crippen LogP contribution >= 0.6 is 11.6 Å². The van der Waals surface area contributed by atoms with Crippen molar-refractivity contribution in [2.24, 2.45) is 5.92 Å². The maximum atomic E-state index is 13.2. The van der Waals surface area contributed by atoms with E-state index in [4.69, 9.17) is 16.3 Å². The first-order chi connectivity index (χ1) is 17.0. The topological polar surface area (TPSA) is 67.2 Å². The Kier molecular flexibility index (Phi) is 6.95. The van der Waals surface area contributed by atoms with Crippen molar-refractivity contribution < 1.29 is 14.3 Å². The third kappa shape index (κ3) is 5.30. The van der Waals surface area contributed by atoms with Crippen molar-refractivity contribution in [3.05, 3.63) is 64.9 Å². The average molecular weight is 495 g/mol. The first-order valence-corrected chi connectivity index (χ1v) is 12.8. The Morgan fingerprint density at radius 3 is 2.40 bits per heavy atom. The number of amides is 2. The number of likely N-dealkylation sites (tertiary alicyclic amines) is 2. The van der Waals surface area contributed by atoms with Gasteiger partial charge in [-0.2, -0.15) is 5.10 Å². The highest BCUT2D eigenvalue weighted by atomic mass is 35.5. The third-order valence-electron chi connectivity index (χ3n) is 7.34. The number of hydrogen-bond donors (Lipinski definition) is 0. The number of rotatable bonds is 5. The molecule has 4 heterocycles. The van der Waals surface area contributed by atoms with Crippen molar-refractivity contribution in [2.75, 3.05) is 32.8 Å². The van der Waals surface area contributed by atoms with Crippen LogP contribution < -0.4 is 4.74 Å². The standard InChI is InChI=1S/C27H31ClN4O3/c1-19-6-11-31(12-7-19)27(34)24-17-29-32-15-10-21(16-25(24)32)20-8-13-30(14-9-20)26(33)18-35-23-4-2-22(28)3-5-23/h2-5,10,15-17,19-20H,6-9,11-14,18H2,1H3. The van der Waals surface area contributed by atoms with Gasteiger partial charge in [-0.3, -0.25) is 9.59 Å². The van der Waals surface area contributed by atoms with Gasteiger partial charge in [-0.05, 0) is 79.5 Å². The van der Waals surface area contributed by atoms with Gasteiger partial charge in [-0.15, -0.1) is 0 Å². The lowest BCUT2D eigenvalue weighted by Crippen LogP contribution is -2.40. The molecule has 0 aliphatic carbocycles. The van der Waals surface area contributed by atoms with Gasteiger partial charge in [0.15, 0.2) is 6.61 Å². The summed E-state index contributed by atoms with van der Waals surface area (Å²) in [5.41, 5.74) is 2.73. The highest BCUT2D eigenvalue weighted by Crippen LogP contribution is 2.30. The summed E-state index contributed by atoms with van der Waals surface area (Å²) >= 11 is 5.90. The molecule has 35 heavy (non-hydrogen) atoms. The van der Waals surface area contributed by atoms with Crippen molar-refractivity contribution in [1.29, 1.82) is 0 Å². The normalized spacial score (nSPS) is 17.7. The quantitative estimate of drug-likeness (QED) is 0.518. The lowest BCUT2D eigenvalue weighted by atomic mass is 9.89. The minimum absolute atomic E-state index is 0.00613. The van der Waals surface area contributed by atoms with E-state index in [9.17, 15) is 9.59 Å². The smallest absolute Gasteiger partial charge is 0.260 e. The molecule has 2 fully saturated rings. The van der Waals surface area contributed by atoms with Crippen LogP contribution in [0.5, 0.6) is 5.75 Å². The summed E-state index contributed by atoms with van der Waals surface area (Å²) in [5, 5.41) is 5.05. The molecule has 0 bridgehead atoms. The van der Waals surface area contributed by atoms with Gasteiger partial charge in [-0.25, -0.2) is 4.52 Å². The molecule has 0 N–H and O–H groups in total. The Hall–Kier alpha value is -3.06. The van der Waals surface area contributed by atoms with Crippen molar-refractivity contribution in [1.82, 2.24) is 19.4 Å². The third-order valence-corrected chi connectivity index (χ3v) is 7.59. The molecule has 8 heteroatoms. The van der Waals surface area contributed by atoms with E-state index in [0.717, 1.165) is 44.3 Å². The molecule has 0 saturated carbocycles. The number of ether oxygens (including phenoxy) is 1. The van der Waals surface area contributed by atoms with E-state index in [0.29, 0.717) is 41.3 Å². The number of hydrogen-bond acceptors (Lipinski definition) is 4. The monoisotopic (exact) mass is 494 g/mol. The molecule has 1 aromatic carbocycles. The summed E-state index contributed by atoms with van der Waals surface area (Å²) in [6.07, 6.45) is 7.50. The fourth-order valence-electron chi connectivity index (χ4n) is 5.03. The Morgan fingerprint density at radius 2 is 1.69 bits per heavy atom. The van der Waals surface area contributed by atoms with E-state index in [1.165, 1.54) is 5.56 Å². The number of benzene rings is 1. The van der Waals surface area contributed by atoms with Gasteiger partial charge in [0.1, 0.15) is 5.75 Å². The van der Waals surface area contributed by atoms with E-state index >= 15 is 0 Å². The van der Waals surface area contributed by atoms with Gasteiger partial charge in [0.25, 0.3) is 11.8 Å². The van der Waals surface area contributed by atoms with Gasteiger partial charge >= 0.3 is 0 Å². The highest BCUT2D eigenvalue weighted by Gasteiger charge is 2.27. The second kappa shape index (κ2) is 10.3. The summed E-state index contributed by atoms with van der Waals surface area (Å²) in [4.78, 5) is 29.6. The van der Waals surface area contributed by atoms with E-state index in [1.807, 2.05) is 16.0 Å². The number of aromatic nitrogens is 2. The average Bonchev–Trinajstić information content (AvgIpc) is 3.31. The van der Waals surface area contributed by atoms with Crippen molar-refractivity contribution >= 4 is 28.9 Å². The molecule has 0 radical (unpaired) electrons. The SMILES string of the molecule is CC1CCN(C(=O)c2cnn3ccc(C4CCN(C(=O)COc5ccc(Cl)cc5)CC4)cc23)CC1. The largest absolute Gasteiger partial charge is 0.484 e. The van der Waals surface area contributed by atoms with Crippen LogP contribution in [0.4, 0.5) is 0 Å². The minimum atomic E-state index is -0.00613. The van der Waals surface area contributed by atoms with Crippen LogP contribution in [-0.2, 0) is 4.79 Å². The van der Waals surface area contributed by atoms with Crippen LogP contribution in [0.2, 0.25) is 5.02 Å². The van der Waals surface area contributed by atoms with Crippen molar-refractivity contribution in [3.8, 4) is 5.75 Å². The minimum Gasteiger partial charge on any atom is -0.484 e. The van der Waals surface area contributed by atoms with E-state index in [2.05, 4.69) is 24.2 Å². The van der Waals surface area contributed by atoms with Crippen LogP contribution in [0.1, 0.15) is 54.4 Å². The Balaban J connectivity index is 1.20. The van der Waals surface area contributed by atoms with Crippen LogP contribution in [0.15, 0.2) is 48.8 Å². The second-order valence-corrected chi connectivity index (χ2v) is 10.2. The van der Waals surface area contributed by atoms with Crippen LogP contribution in [-0.4, -0.2) is 64.0 Å². The van der Waals surface area contributed by atoms with Gasteiger partial charge in [-0.1, -0.05) is 18.5 Å². The lowest BCUT2D eigenvalue weighted by molar-refractivity contribution is -0.134. The molecule has 2 saturated heterocycles. The van der Waals surface area contributed by atoms with Gasteiger partial charge in [0.2, 0.25) is 0 Å². The fourth-order valence-corrected chi connectivity index (χ4v) is 5.15. The predicted octanol–water partition coefficient (Wildman–Crippen LogP) is 4.64. The number of pyridine rings is 1. The van der Waals surface area contributed by atoms with Gasteiger partial charge < -0.3 is 14.5 Å². The number of carbonyl (C=O) groups excluding carboxylic acids is 2. The highest BCUT2D eigenvalue weighted by molar-refractivity contribution is 6.30.